The highest BCUT2D eigenvalue weighted by atomic mass is 16.5. The number of hydrogen-bond donors (Lipinski definition) is 1. The van der Waals surface area contributed by atoms with Crippen LogP contribution >= 0.6 is 0 Å². The van der Waals surface area contributed by atoms with Gasteiger partial charge < -0.3 is 15.2 Å². The highest BCUT2D eigenvalue weighted by molar-refractivity contribution is 5.69. The molecule has 0 saturated carbocycles. The van der Waals surface area contributed by atoms with Crippen molar-refractivity contribution < 1.29 is 14.3 Å². The summed E-state index contributed by atoms with van der Waals surface area (Å²) in [6.07, 6.45) is 1.01. The molecule has 1 rings (SSSR count). The number of carbonyl (C=O) groups excluding carboxylic acids is 1. The lowest BCUT2D eigenvalue weighted by atomic mass is 10.3. The van der Waals surface area contributed by atoms with Gasteiger partial charge in [-0.05, 0) is 18.6 Å². The first-order valence-corrected chi connectivity index (χ1v) is 4.77. The second kappa shape index (κ2) is 5.90. The van der Waals surface area contributed by atoms with Gasteiger partial charge in [0.1, 0.15) is 5.75 Å². The van der Waals surface area contributed by atoms with Crippen LogP contribution in [-0.4, -0.2) is 19.7 Å². The molecule has 2 N–H and O–H groups in total. The van der Waals surface area contributed by atoms with Gasteiger partial charge in [-0.3, -0.25) is 4.79 Å². The third-order valence-electron chi connectivity index (χ3n) is 1.88. The van der Waals surface area contributed by atoms with Crippen molar-refractivity contribution in [1.82, 2.24) is 0 Å². The molecule has 4 heteroatoms. The first-order valence-electron chi connectivity index (χ1n) is 4.77. The quantitative estimate of drug-likeness (QED) is 0.454. The number of ether oxygens (including phenoxy) is 2. The zero-order valence-corrected chi connectivity index (χ0v) is 8.73. The first-order chi connectivity index (χ1) is 7.22. The van der Waals surface area contributed by atoms with E-state index in [1.807, 2.05) is 12.1 Å². The third kappa shape index (κ3) is 4.35. The monoisotopic (exact) mass is 209 g/mol. The van der Waals surface area contributed by atoms with Crippen molar-refractivity contribution in [2.45, 2.75) is 12.8 Å². The minimum atomic E-state index is -0.217. The van der Waals surface area contributed by atoms with Crippen LogP contribution in [-0.2, 0) is 9.53 Å². The molecule has 0 amide bonds. The molecule has 0 radical (unpaired) electrons. The Morgan fingerprint density at radius 2 is 2.27 bits per heavy atom. The zero-order valence-electron chi connectivity index (χ0n) is 8.73. The Bertz CT molecular complexity index is 325. The number of esters is 1. The van der Waals surface area contributed by atoms with E-state index in [1.54, 1.807) is 12.1 Å². The number of hydrogen-bond acceptors (Lipinski definition) is 4. The lowest BCUT2D eigenvalue weighted by Crippen LogP contribution is -2.04. The topological polar surface area (TPSA) is 61.5 Å². The van der Waals surface area contributed by atoms with E-state index in [0.29, 0.717) is 25.1 Å². The molecule has 1 aromatic carbocycles. The number of nitrogen functional groups attached to an aromatic ring is 1. The minimum Gasteiger partial charge on any atom is -0.494 e. The summed E-state index contributed by atoms with van der Waals surface area (Å²) >= 11 is 0. The average molecular weight is 209 g/mol. The van der Waals surface area contributed by atoms with E-state index in [9.17, 15) is 4.79 Å². The molecule has 15 heavy (non-hydrogen) atoms. The molecule has 0 fully saturated rings. The lowest BCUT2D eigenvalue weighted by Gasteiger charge is -2.05. The molecule has 1 aromatic rings. The summed E-state index contributed by atoms with van der Waals surface area (Å²) in [5, 5.41) is 0. The molecular formula is C11H15NO3. The van der Waals surface area contributed by atoms with Crippen molar-refractivity contribution in [2.75, 3.05) is 19.5 Å². The van der Waals surface area contributed by atoms with Crippen molar-refractivity contribution in [3.63, 3.8) is 0 Å². The van der Waals surface area contributed by atoms with Crippen molar-refractivity contribution in [3.05, 3.63) is 24.3 Å². The van der Waals surface area contributed by atoms with Gasteiger partial charge in [0, 0.05) is 18.2 Å². The summed E-state index contributed by atoms with van der Waals surface area (Å²) in [5.41, 5.74) is 6.25. The van der Waals surface area contributed by atoms with Gasteiger partial charge >= 0.3 is 5.97 Å². The molecule has 0 bridgehead atoms. The van der Waals surface area contributed by atoms with E-state index in [-0.39, 0.29) is 5.97 Å². The molecule has 0 aliphatic rings. The lowest BCUT2D eigenvalue weighted by molar-refractivity contribution is -0.140. The largest absolute Gasteiger partial charge is 0.494 e. The second-order valence-corrected chi connectivity index (χ2v) is 3.10. The van der Waals surface area contributed by atoms with E-state index in [1.165, 1.54) is 7.11 Å². The van der Waals surface area contributed by atoms with Crippen molar-refractivity contribution in [3.8, 4) is 5.75 Å². The summed E-state index contributed by atoms with van der Waals surface area (Å²) in [5.74, 6) is 0.506. The van der Waals surface area contributed by atoms with Gasteiger partial charge in [0.2, 0.25) is 0 Å². The van der Waals surface area contributed by atoms with Gasteiger partial charge in [-0.25, -0.2) is 0 Å². The highest BCUT2D eigenvalue weighted by Gasteiger charge is 2.00. The number of benzene rings is 1. The molecule has 0 aliphatic carbocycles. The third-order valence-corrected chi connectivity index (χ3v) is 1.88. The first kappa shape index (κ1) is 11.4. The summed E-state index contributed by atoms with van der Waals surface area (Å²) in [7, 11) is 1.38. The van der Waals surface area contributed by atoms with E-state index >= 15 is 0 Å². The van der Waals surface area contributed by atoms with Gasteiger partial charge in [-0.1, -0.05) is 6.07 Å². The number of carbonyl (C=O) groups is 1. The van der Waals surface area contributed by atoms with Gasteiger partial charge in [0.15, 0.2) is 0 Å². The van der Waals surface area contributed by atoms with E-state index in [0.717, 1.165) is 5.75 Å². The highest BCUT2D eigenvalue weighted by Crippen LogP contribution is 2.14. The van der Waals surface area contributed by atoms with Gasteiger partial charge in [-0.15, -0.1) is 0 Å². The molecule has 0 unspecified atom stereocenters. The fourth-order valence-corrected chi connectivity index (χ4v) is 1.11. The number of methoxy groups -OCH3 is 1. The van der Waals surface area contributed by atoms with Crippen LogP contribution in [0.5, 0.6) is 5.75 Å². The molecule has 4 nitrogen and oxygen atoms in total. The Kier molecular flexibility index (Phi) is 4.47. The molecule has 0 atom stereocenters. The van der Waals surface area contributed by atoms with Crippen molar-refractivity contribution in [2.24, 2.45) is 0 Å². The smallest absolute Gasteiger partial charge is 0.305 e. The maximum atomic E-state index is 10.8. The van der Waals surface area contributed by atoms with E-state index in [2.05, 4.69) is 4.74 Å². The van der Waals surface area contributed by atoms with Crippen LogP contribution in [0.4, 0.5) is 5.69 Å². The van der Waals surface area contributed by atoms with Crippen LogP contribution in [0.3, 0.4) is 0 Å². The van der Waals surface area contributed by atoms with Gasteiger partial charge in [0.25, 0.3) is 0 Å². The predicted octanol–water partition coefficient (Wildman–Crippen LogP) is 1.60. The molecular weight excluding hydrogens is 194 g/mol. The predicted molar refractivity (Wildman–Crippen MR) is 57.6 cm³/mol. The van der Waals surface area contributed by atoms with Crippen molar-refractivity contribution >= 4 is 11.7 Å². The van der Waals surface area contributed by atoms with Crippen LogP contribution in [0.25, 0.3) is 0 Å². The molecule has 82 valence electrons. The van der Waals surface area contributed by atoms with Crippen molar-refractivity contribution in [1.29, 1.82) is 0 Å². The second-order valence-electron chi connectivity index (χ2n) is 3.10. The summed E-state index contributed by atoms with van der Waals surface area (Å²) in [6.45, 7) is 0.485. The summed E-state index contributed by atoms with van der Waals surface area (Å²) < 4.78 is 9.90. The Morgan fingerprint density at radius 3 is 2.93 bits per heavy atom. The normalized spacial score (nSPS) is 9.67. The van der Waals surface area contributed by atoms with Crippen LogP contribution in [0.15, 0.2) is 24.3 Å². The SMILES string of the molecule is COC(=O)CCCOc1cccc(N)c1. The maximum absolute atomic E-state index is 10.8. The number of nitrogens with two attached hydrogens (primary N) is 1. The number of rotatable bonds is 5. The summed E-state index contributed by atoms with van der Waals surface area (Å²) in [6, 6.07) is 7.19. The average Bonchev–Trinajstić information content (AvgIpc) is 2.24. The Balaban J connectivity index is 2.23. The molecule has 0 spiro atoms. The Hall–Kier alpha value is -1.71. The molecule has 0 aliphatic heterocycles. The van der Waals surface area contributed by atoms with E-state index in [4.69, 9.17) is 10.5 Å². The fourth-order valence-electron chi connectivity index (χ4n) is 1.11. The fraction of sp³-hybridized carbons (Fsp3) is 0.364. The minimum absolute atomic E-state index is 0.217. The van der Waals surface area contributed by atoms with Gasteiger partial charge in [-0.2, -0.15) is 0 Å². The summed E-state index contributed by atoms with van der Waals surface area (Å²) in [4.78, 5) is 10.8. The molecule has 0 aromatic heterocycles. The molecule has 0 saturated heterocycles. The van der Waals surface area contributed by atoms with Crippen LogP contribution in [0.1, 0.15) is 12.8 Å². The molecule has 0 heterocycles. The Labute approximate surface area is 89.0 Å². The van der Waals surface area contributed by atoms with Crippen LogP contribution < -0.4 is 10.5 Å². The van der Waals surface area contributed by atoms with Crippen LogP contribution in [0, 0.1) is 0 Å². The van der Waals surface area contributed by atoms with Gasteiger partial charge in [0.05, 0.1) is 13.7 Å². The maximum Gasteiger partial charge on any atom is 0.305 e. The van der Waals surface area contributed by atoms with Crippen LogP contribution in [0.2, 0.25) is 0 Å². The number of anilines is 1. The van der Waals surface area contributed by atoms with E-state index < -0.39 is 0 Å². The zero-order chi connectivity index (χ0) is 11.1. The Morgan fingerprint density at radius 1 is 1.47 bits per heavy atom. The standard InChI is InChI=1S/C11H15NO3/c1-14-11(13)6-3-7-15-10-5-2-4-9(12)8-10/h2,4-5,8H,3,6-7,12H2,1H3.